The Morgan fingerprint density at radius 2 is 1.13 bits per heavy atom. The monoisotopic (exact) mass is 362 g/mol. The maximum absolute atomic E-state index is 11.4. The lowest BCUT2D eigenvalue weighted by Crippen LogP contribution is -2.39. The van der Waals surface area contributed by atoms with Crippen LogP contribution in [0.2, 0.25) is 0 Å². The van der Waals surface area contributed by atoms with Crippen molar-refractivity contribution in [2.24, 2.45) is 0 Å². The molecule has 0 saturated heterocycles. The Bertz CT molecular complexity index is 404. The summed E-state index contributed by atoms with van der Waals surface area (Å²) in [6.07, 6.45) is -7.94. The van der Waals surface area contributed by atoms with Gasteiger partial charge in [0.2, 0.25) is 0 Å². The van der Waals surface area contributed by atoms with Gasteiger partial charge in [-0.2, -0.15) is 0 Å². The Balaban J connectivity index is 4.36. The fourth-order valence-corrected chi connectivity index (χ4v) is 1.93. The molecular formula is C10H19O12P. The van der Waals surface area contributed by atoms with Crippen LogP contribution in [0.15, 0.2) is 0 Å². The van der Waals surface area contributed by atoms with E-state index in [1.807, 2.05) is 0 Å². The molecule has 0 rings (SSSR count). The molecule has 136 valence electrons. The van der Waals surface area contributed by atoms with Crippen LogP contribution in [-0.2, 0) is 23.2 Å². The normalized spacial score (nSPS) is 17.3. The number of carbonyl (C=O) groups excluding carboxylic acids is 2. The minimum atomic E-state index is -4.85. The number of aliphatic hydroxyl groups excluding tert-OH is 6. The lowest BCUT2D eigenvalue weighted by atomic mass is 10.1. The zero-order valence-electron chi connectivity index (χ0n) is 11.8. The van der Waals surface area contributed by atoms with Crippen molar-refractivity contribution in [3.05, 3.63) is 0 Å². The molecule has 0 fully saturated rings. The molecule has 0 heterocycles. The van der Waals surface area contributed by atoms with Crippen molar-refractivity contribution < 1.29 is 58.7 Å². The van der Waals surface area contributed by atoms with Crippen molar-refractivity contribution >= 4 is 19.4 Å². The van der Waals surface area contributed by atoms with Crippen LogP contribution in [0, 0.1) is 0 Å². The van der Waals surface area contributed by atoms with E-state index in [0.717, 1.165) is 0 Å². The fraction of sp³-hybridized carbons (Fsp3) is 0.800. The summed E-state index contributed by atoms with van der Waals surface area (Å²) in [5, 5.41) is 53.9. The van der Waals surface area contributed by atoms with Gasteiger partial charge in [0, 0.05) is 0 Å². The SMILES string of the molecule is O=C(CO)[C@@H](O)[C@H](O)COP(=O)(O)OC[C@@H](O)[C@H](O)C(=O)CO. The van der Waals surface area contributed by atoms with Gasteiger partial charge in [-0.1, -0.05) is 0 Å². The second-order valence-electron chi connectivity index (χ2n) is 4.33. The Labute approximate surface area is 130 Å². The van der Waals surface area contributed by atoms with E-state index < -0.39 is 70.2 Å². The van der Waals surface area contributed by atoms with E-state index in [9.17, 15) is 39.5 Å². The van der Waals surface area contributed by atoms with Crippen LogP contribution in [0.3, 0.4) is 0 Å². The first kappa shape index (κ1) is 22.2. The number of ketones is 2. The topological polar surface area (TPSA) is 211 Å². The molecule has 12 nitrogen and oxygen atoms in total. The molecule has 0 aliphatic heterocycles. The molecule has 0 radical (unpaired) electrons. The van der Waals surface area contributed by atoms with Gasteiger partial charge in [-0.15, -0.1) is 0 Å². The third-order valence-corrected chi connectivity index (χ3v) is 3.47. The summed E-state index contributed by atoms with van der Waals surface area (Å²) in [6, 6.07) is 0. The number of hydrogen-bond donors (Lipinski definition) is 7. The largest absolute Gasteiger partial charge is 0.472 e. The van der Waals surface area contributed by atoms with Crippen molar-refractivity contribution in [3.8, 4) is 0 Å². The van der Waals surface area contributed by atoms with Gasteiger partial charge in [0.15, 0.2) is 11.6 Å². The van der Waals surface area contributed by atoms with E-state index in [1.165, 1.54) is 0 Å². The van der Waals surface area contributed by atoms with Crippen LogP contribution >= 0.6 is 7.82 Å². The average molecular weight is 362 g/mol. The van der Waals surface area contributed by atoms with Crippen LogP contribution in [0.5, 0.6) is 0 Å². The summed E-state index contributed by atoms with van der Waals surface area (Å²) >= 11 is 0. The van der Waals surface area contributed by atoms with Gasteiger partial charge in [-0.25, -0.2) is 4.57 Å². The highest BCUT2D eigenvalue weighted by Gasteiger charge is 2.31. The van der Waals surface area contributed by atoms with E-state index in [2.05, 4.69) is 9.05 Å². The van der Waals surface area contributed by atoms with Crippen LogP contribution < -0.4 is 0 Å². The fourth-order valence-electron chi connectivity index (χ4n) is 1.18. The molecule has 7 N–H and O–H groups in total. The number of Topliss-reactive ketones (excluding diaryl/α,β-unsaturated/α-hetero) is 2. The van der Waals surface area contributed by atoms with Crippen LogP contribution in [0.1, 0.15) is 0 Å². The standard InChI is InChI=1S/C10H19O12P/c11-1-5(13)9(17)7(15)3-21-23(19,20)22-4-8(16)10(18)6(14)2-12/h7-12,15-18H,1-4H2,(H,19,20)/t7-,8-,9-,10-/m1/s1. The smallest absolute Gasteiger partial charge is 0.388 e. The summed E-state index contributed by atoms with van der Waals surface area (Å²) in [7, 11) is -4.85. The highest BCUT2D eigenvalue weighted by molar-refractivity contribution is 7.47. The van der Waals surface area contributed by atoms with Crippen molar-refractivity contribution in [1.29, 1.82) is 0 Å². The van der Waals surface area contributed by atoms with Gasteiger partial charge in [0.1, 0.15) is 37.6 Å². The Hall–Kier alpha value is -0.790. The minimum Gasteiger partial charge on any atom is -0.388 e. The number of hydrogen-bond acceptors (Lipinski definition) is 11. The highest BCUT2D eigenvalue weighted by atomic mass is 31.2. The molecule has 0 spiro atoms. The third-order valence-electron chi connectivity index (χ3n) is 2.52. The number of carbonyl (C=O) groups is 2. The molecule has 0 bridgehead atoms. The van der Waals surface area contributed by atoms with Gasteiger partial charge in [0.05, 0.1) is 13.2 Å². The van der Waals surface area contributed by atoms with E-state index in [4.69, 9.17) is 10.2 Å². The number of phosphoric acid groups is 1. The molecule has 4 atom stereocenters. The predicted octanol–water partition coefficient (Wildman–Crippen LogP) is -4.31. The molecule has 0 aliphatic rings. The Morgan fingerprint density at radius 1 is 0.826 bits per heavy atom. The van der Waals surface area contributed by atoms with Crippen LogP contribution in [0.4, 0.5) is 0 Å². The molecule has 0 aromatic carbocycles. The van der Waals surface area contributed by atoms with E-state index in [1.54, 1.807) is 0 Å². The van der Waals surface area contributed by atoms with Crippen molar-refractivity contribution in [2.45, 2.75) is 24.4 Å². The number of phosphoric ester groups is 1. The van der Waals surface area contributed by atoms with Crippen molar-refractivity contribution in [1.82, 2.24) is 0 Å². The first-order valence-electron chi connectivity index (χ1n) is 6.17. The molecule has 0 unspecified atom stereocenters. The van der Waals surface area contributed by atoms with E-state index in [0.29, 0.717) is 0 Å². The third kappa shape index (κ3) is 8.04. The molecule has 0 aliphatic carbocycles. The first-order chi connectivity index (χ1) is 10.6. The maximum Gasteiger partial charge on any atom is 0.472 e. The second kappa shape index (κ2) is 10.2. The van der Waals surface area contributed by atoms with Gasteiger partial charge in [-0.05, 0) is 0 Å². The van der Waals surface area contributed by atoms with Crippen LogP contribution in [-0.4, -0.2) is 97.9 Å². The highest BCUT2D eigenvalue weighted by Crippen LogP contribution is 2.43. The van der Waals surface area contributed by atoms with Gasteiger partial charge in [0.25, 0.3) is 0 Å². The minimum absolute atomic E-state index is 1.02. The predicted molar refractivity (Wildman–Crippen MR) is 69.9 cm³/mol. The maximum atomic E-state index is 11.4. The first-order valence-corrected chi connectivity index (χ1v) is 7.66. The van der Waals surface area contributed by atoms with Crippen LogP contribution in [0.25, 0.3) is 0 Å². The van der Waals surface area contributed by atoms with Gasteiger partial charge < -0.3 is 35.5 Å². The lowest BCUT2D eigenvalue weighted by Gasteiger charge is -2.20. The molecular weight excluding hydrogens is 343 g/mol. The Kier molecular flexibility index (Phi) is 9.80. The van der Waals surface area contributed by atoms with Gasteiger partial charge in [-0.3, -0.25) is 18.6 Å². The second-order valence-corrected chi connectivity index (χ2v) is 5.79. The molecule has 13 heteroatoms. The average Bonchev–Trinajstić information content (AvgIpc) is 2.54. The molecule has 0 aromatic rings. The summed E-state index contributed by atoms with van der Waals surface area (Å²) in [4.78, 5) is 31.0. The van der Waals surface area contributed by atoms with Crippen molar-refractivity contribution in [3.63, 3.8) is 0 Å². The van der Waals surface area contributed by atoms with E-state index in [-0.39, 0.29) is 0 Å². The van der Waals surface area contributed by atoms with Gasteiger partial charge >= 0.3 is 7.82 Å². The molecule has 0 amide bonds. The quantitative estimate of drug-likeness (QED) is 0.164. The zero-order valence-corrected chi connectivity index (χ0v) is 12.7. The van der Waals surface area contributed by atoms with E-state index >= 15 is 0 Å². The molecule has 0 saturated carbocycles. The summed E-state index contributed by atoms with van der Waals surface area (Å²) in [6.45, 7) is -4.16. The summed E-state index contributed by atoms with van der Waals surface area (Å²) < 4.78 is 19.9. The molecule has 23 heavy (non-hydrogen) atoms. The lowest BCUT2D eigenvalue weighted by molar-refractivity contribution is -0.137. The zero-order chi connectivity index (χ0) is 18.2. The van der Waals surface area contributed by atoms with Crippen molar-refractivity contribution in [2.75, 3.05) is 26.4 Å². The molecule has 0 aromatic heterocycles. The summed E-state index contributed by atoms with van der Waals surface area (Å²) in [5.41, 5.74) is 0. The number of rotatable bonds is 12. The Morgan fingerprint density at radius 3 is 1.39 bits per heavy atom. The summed E-state index contributed by atoms with van der Waals surface area (Å²) in [5.74, 6) is -2.29. The number of aliphatic hydroxyl groups is 6.